The van der Waals surface area contributed by atoms with Crippen LogP contribution in [0.4, 0.5) is 0 Å². The van der Waals surface area contributed by atoms with Crippen molar-refractivity contribution in [2.45, 2.75) is 26.1 Å². The zero-order valence-electron chi connectivity index (χ0n) is 14.6. The maximum atomic E-state index is 9.47. The molecule has 0 fully saturated rings. The molecule has 2 rings (SSSR count). The molecule has 0 saturated heterocycles. The molecule has 2 aromatic rings. The second kappa shape index (κ2) is 11.0. The number of rotatable bonds is 12. The molecule has 0 amide bonds. The van der Waals surface area contributed by atoms with Gasteiger partial charge in [0.05, 0.1) is 26.4 Å². The molecule has 136 valence electrons. The number of aliphatic hydroxyl groups is 2. The fraction of sp³-hybridized carbons (Fsp3) is 0.429. The second-order valence-corrected chi connectivity index (χ2v) is 6.40. The van der Waals surface area contributed by atoms with Crippen molar-refractivity contribution in [3.63, 3.8) is 0 Å². The van der Waals surface area contributed by atoms with Crippen molar-refractivity contribution in [3.8, 4) is 0 Å². The summed E-state index contributed by atoms with van der Waals surface area (Å²) >= 11 is 0. The summed E-state index contributed by atoms with van der Waals surface area (Å²) in [5.74, 6) is 0. The van der Waals surface area contributed by atoms with Crippen LogP contribution in [0.2, 0.25) is 0 Å². The van der Waals surface area contributed by atoms with Gasteiger partial charge in [0.2, 0.25) is 0 Å². The first-order valence-corrected chi connectivity index (χ1v) is 8.73. The number of benzene rings is 2. The Bertz CT molecular complexity index is 517. The number of aliphatic hydroxyl groups excluding tert-OH is 2. The average molecular weight is 344 g/mol. The van der Waals surface area contributed by atoms with Crippen LogP contribution >= 0.6 is 0 Å². The minimum Gasteiger partial charge on any atom is -0.396 e. The first-order chi connectivity index (χ1) is 12.3. The second-order valence-electron chi connectivity index (χ2n) is 6.40. The SMILES string of the molecule is OCCC(CCO)(COCc1ccccc1)COCc1ccccc1. The Labute approximate surface area is 150 Å². The largest absolute Gasteiger partial charge is 0.396 e. The van der Waals surface area contributed by atoms with Crippen molar-refractivity contribution in [2.24, 2.45) is 5.41 Å². The summed E-state index contributed by atoms with van der Waals surface area (Å²) in [6, 6.07) is 20.0. The minimum absolute atomic E-state index is 0.0450. The molecule has 0 bridgehead atoms. The molecule has 25 heavy (non-hydrogen) atoms. The highest BCUT2D eigenvalue weighted by Crippen LogP contribution is 2.28. The first kappa shape index (κ1) is 19.6. The molecule has 0 spiro atoms. The van der Waals surface area contributed by atoms with E-state index in [0.29, 0.717) is 39.3 Å². The Morgan fingerprint density at radius 2 is 1.04 bits per heavy atom. The highest BCUT2D eigenvalue weighted by molar-refractivity contribution is 5.14. The van der Waals surface area contributed by atoms with Gasteiger partial charge >= 0.3 is 0 Å². The Kier molecular flexibility index (Phi) is 8.63. The van der Waals surface area contributed by atoms with Crippen LogP contribution in [0, 0.1) is 5.41 Å². The van der Waals surface area contributed by atoms with Gasteiger partial charge in [0.15, 0.2) is 0 Å². The monoisotopic (exact) mass is 344 g/mol. The summed E-state index contributed by atoms with van der Waals surface area (Å²) < 4.78 is 11.8. The molecule has 4 heteroatoms. The topological polar surface area (TPSA) is 58.9 Å². The van der Waals surface area contributed by atoms with Gasteiger partial charge in [-0.15, -0.1) is 0 Å². The third-order valence-electron chi connectivity index (χ3n) is 4.32. The van der Waals surface area contributed by atoms with E-state index in [-0.39, 0.29) is 18.6 Å². The van der Waals surface area contributed by atoms with E-state index < -0.39 is 0 Å². The molecular formula is C21H28O4. The van der Waals surface area contributed by atoms with Crippen LogP contribution in [0.3, 0.4) is 0 Å². The molecule has 0 unspecified atom stereocenters. The fourth-order valence-corrected chi connectivity index (χ4v) is 2.85. The smallest absolute Gasteiger partial charge is 0.0717 e. The van der Waals surface area contributed by atoms with Gasteiger partial charge in [-0.05, 0) is 24.0 Å². The number of hydrogen-bond donors (Lipinski definition) is 2. The summed E-state index contributed by atoms with van der Waals surface area (Å²) in [4.78, 5) is 0. The van der Waals surface area contributed by atoms with E-state index in [2.05, 4.69) is 0 Å². The van der Waals surface area contributed by atoms with E-state index in [1.165, 1.54) is 0 Å². The van der Waals surface area contributed by atoms with E-state index >= 15 is 0 Å². The first-order valence-electron chi connectivity index (χ1n) is 8.73. The Hall–Kier alpha value is -1.72. The molecule has 2 aromatic carbocycles. The maximum Gasteiger partial charge on any atom is 0.0717 e. The summed E-state index contributed by atoms with van der Waals surface area (Å²) in [5.41, 5.74) is 1.83. The third kappa shape index (κ3) is 6.96. The normalized spacial score (nSPS) is 11.6. The van der Waals surface area contributed by atoms with Crippen molar-refractivity contribution < 1.29 is 19.7 Å². The lowest BCUT2D eigenvalue weighted by Gasteiger charge is -2.32. The predicted octanol–water partition coefficient (Wildman–Crippen LogP) is 3.17. The van der Waals surface area contributed by atoms with Crippen molar-refractivity contribution in [1.29, 1.82) is 0 Å². The lowest BCUT2D eigenvalue weighted by molar-refractivity contribution is -0.0546. The Morgan fingerprint density at radius 3 is 1.40 bits per heavy atom. The van der Waals surface area contributed by atoms with Gasteiger partial charge < -0.3 is 19.7 Å². The zero-order valence-corrected chi connectivity index (χ0v) is 14.6. The standard InChI is InChI=1S/C21H28O4/c22-13-11-21(12-14-23,17-24-15-19-7-3-1-4-8-19)18-25-16-20-9-5-2-6-10-20/h1-10,22-23H,11-18H2. The highest BCUT2D eigenvalue weighted by Gasteiger charge is 2.30. The molecular weight excluding hydrogens is 316 g/mol. The summed E-state index contributed by atoms with van der Waals surface area (Å²) in [5, 5.41) is 18.9. The molecule has 2 N–H and O–H groups in total. The van der Waals surface area contributed by atoms with E-state index in [1.54, 1.807) is 0 Å². The summed E-state index contributed by atoms with van der Waals surface area (Å²) in [6.07, 6.45) is 1.08. The van der Waals surface area contributed by atoms with Crippen LogP contribution in [-0.4, -0.2) is 36.6 Å². The maximum absolute atomic E-state index is 9.47. The quantitative estimate of drug-likeness (QED) is 0.621. The minimum atomic E-state index is -0.382. The van der Waals surface area contributed by atoms with E-state index in [9.17, 15) is 10.2 Å². The van der Waals surface area contributed by atoms with E-state index in [4.69, 9.17) is 9.47 Å². The van der Waals surface area contributed by atoms with Gasteiger partial charge in [0.25, 0.3) is 0 Å². The Morgan fingerprint density at radius 1 is 0.640 bits per heavy atom. The number of ether oxygens (including phenoxy) is 2. The van der Waals surface area contributed by atoms with Crippen LogP contribution in [0.25, 0.3) is 0 Å². The van der Waals surface area contributed by atoms with E-state index in [0.717, 1.165) is 11.1 Å². The molecule has 4 nitrogen and oxygen atoms in total. The van der Waals surface area contributed by atoms with Crippen LogP contribution in [0.15, 0.2) is 60.7 Å². The molecule has 0 aliphatic rings. The van der Waals surface area contributed by atoms with Crippen molar-refractivity contribution in [1.82, 2.24) is 0 Å². The van der Waals surface area contributed by atoms with Gasteiger partial charge in [-0.1, -0.05) is 60.7 Å². The third-order valence-corrected chi connectivity index (χ3v) is 4.32. The summed E-state index contributed by atoms with van der Waals surface area (Å²) in [7, 11) is 0. The molecule has 0 aliphatic heterocycles. The van der Waals surface area contributed by atoms with Gasteiger partial charge in [-0.3, -0.25) is 0 Å². The summed E-state index contributed by atoms with van der Waals surface area (Å²) in [6.45, 7) is 2.00. The van der Waals surface area contributed by atoms with Crippen LogP contribution in [-0.2, 0) is 22.7 Å². The van der Waals surface area contributed by atoms with Crippen molar-refractivity contribution in [2.75, 3.05) is 26.4 Å². The molecule has 0 atom stereocenters. The molecule has 0 aromatic heterocycles. The van der Waals surface area contributed by atoms with Gasteiger partial charge in [-0.25, -0.2) is 0 Å². The van der Waals surface area contributed by atoms with Crippen LogP contribution in [0.1, 0.15) is 24.0 Å². The van der Waals surface area contributed by atoms with Gasteiger partial charge in [-0.2, -0.15) is 0 Å². The van der Waals surface area contributed by atoms with Crippen molar-refractivity contribution in [3.05, 3.63) is 71.8 Å². The van der Waals surface area contributed by atoms with Crippen molar-refractivity contribution >= 4 is 0 Å². The predicted molar refractivity (Wildman–Crippen MR) is 98.0 cm³/mol. The Balaban J connectivity index is 1.89. The molecule has 0 aliphatic carbocycles. The van der Waals surface area contributed by atoms with Gasteiger partial charge in [0.1, 0.15) is 0 Å². The van der Waals surface area contributed by atoms with E-state index in [1.807, 2.05) is 60.7 Å². The molecule has 0 radical (unpaired) electrons. The molecule has 0 heterocycles. The number of hydrogen-bond acceptors (Lipinski definition) is 4. The van der Waals surface area contributed by atoms with Crippen LogP contribution in [0.5, 0.6) is 0 Å². The molecule has 0 saturated carbocycles. The lowest BCUT2D eigenvalue weighted by atomic mass is 9.83. The highest BCUT2D eigenvalue weighted by atomic mass is 16.5. The lowest BCUT2D eigenvalue weighted by Crippen LogP contribution is -2.34. The average Bonchev–Trinajstić information content (AvgIpc) is 2.64. The fourth-order valence-electron chi connectivity index (χ4n) is 2.85. The zero-order chi connectivity index (χ0) is 17.8. The van der Waals surface area contributed by atoms with Crippen LogP contribution < -0.4 is 0 Å². The van der Waals surface area contributed by atoms with Gasteiger partial charge in [0, 0.05) is 18.6 Å².